The predicted octanol–water partition coefficient (Wildman–Crippen LogP) is 3.63. The third-order valence-corrected chi connectivity index (χ3v) is 3.67. The van der Waals surface area contributed by atoms with E-state index in [4.69, 9.17) is 11.6 Å². The summed E-state index contributed by atoms with van der Waals surface area (Å²) < 4.78 is 0. The van der Waals surface area contributed by atoms with Gasteiger partial charge in [-0.25, -0.2) is 4.99 Å². The van der Waals surface area contributed by atoms with E-state index in [0.717, 1.165) is 17.1 Å². The quantitative estimate of drug-likeness (QED) is 0.932. The van der Waals surface area contributed by atoms with Crippen molar-refractivity contribution in [3.8, 4) is 0 Å². The summed E-state index contributed by atoms with van der Waals surface area (Å²) >= 11 is 5.93. The molecule has 1 N–H and O–H groups in total. The van der Waals surface area contributed by atoms with E-state index < -0.39 is 0 Å². The zero-order valence-corrected chi connectivity index (χ0v) is 12.0. The molecular weight excluding hydrogens is 270 g/mol. The fourth-order valence-corrected chi connectivity index (χ4v) is 2.49. The molecule has 1 aliphatic heterocycles. The second-order valence-electron chi connectivity index (χ2n) is 4.84. The van der Waals surface area contributed by atoms with Crippen molar-refractivity contribution in [3.05, 3.63) is 64.7 Å². The molecule has 0 saturated carbocycles. The standard InChI is InChI=1S/C16H16ClN3/c1-12-18-11-19-20(12)16-5-3-2-4-14(16)10-13-6-8-15(17)9-7-13/h2-9,11-12H,10H2,1H3,(H,18,19). The molecule has 1 unspecified atom stereocenters. The van der Waals surface area contributed by atoms with Crippen LogP contribution in [-0.4, -0.2) is 12.5 Å². The van der Waals surface area contributed by atoms with Gasteiger partial charge in [-0.05, 0) is 42.7 Å². The molecule has 3 rings (SSSR count). The number of nitrogens with one attached hydrogen (secondary N) is 1. The van der Waals surface area contributed by atoms with Gasteiger partial charge >= 0.3 is 0 Å². The Kier molecular flexibility index (Phi) is 3.61. The van der Waals surface area contributed by atoms with E-state index in [1.165, 1.54) is 11.1 Å². The zero-order chi connectivity index (χ0) is 13.9. The fraction of sp³-hybridized carbons (Fsp3) is 0.188. The van der Waals surface area contributed by atoms with Gasteiger partial charge in [0.25, 0.3) is 0 Å². The number of rotatable bonds is 3. The highest BCUT2D eigenvalue weighted by atomic mass is 35.5. The van der Waals surface area contributed by atoms with Gasteiger partial charge in [-0.2, -0.15) is 0 Å². The highest BCUT2D eigenvalue weighted by Crippen LogP contribution is 2.25. The number of aliphatic imine (C=N–C) groups is 1. The molecule has 0 aliphatic carbocycles. The summed E-state index contributed by atoms with van der Waals surface area (Å²) in [5.41, 5.74) is 6.85. The van der Waals surface area contributed by atoms with Crippen molar-refractivity contribution in [2.75, 3.05) is 5.01 Å². The molecule has 0 bridgehead atoms. The van der Waals surface area contributed by atoms with Gasteiger partial charge in [-0.1, -0.05) is 41.9 Å². The molecular formula is C16H16ClN3. The van der Waals surface area contributed by atoms with E-state index in [1.54, 1.807) is 6.34 Å². The second kappa shape index (κ2) is 5.55. The minimum Gasteiger partial charge on any atom is -0.286 e. The van der Waals surface area contributed by atoms with E-state index in [0.29, 0.717) is 0 Å². The molecule has 1 atom stereocenters. The number of hydrogen-bond acceptors (Lipinski definition) is 3. The summed E-state index contributed by atoms with van der Waals surface area (Å²) in [5, 5.41) is 2.84. The van der Waals surface area contributed by atoms with Crippen LogP contribution >= 0.6 is 11.6 Å². The van der Waals surface area contributed by atoms with Gasteiger partial charge in [-0.15, -0.1) is 0 Å². The van der Waals surface area contributed by atoms with Crippen molar-refractivity contribution in [2.45, 2.75) is 19.5 Å². The molecule has 0 aromatic heterocycles. The van der Waals surface area contributed by atoms with Gasteiger partial charge in [0.1, 0.15) is 12.5 Å². The maximum Gasteiger partial charge on any atom is 0.139 e. The molecule has 0 spiro atoms. The predicted molar refractivity (Wildman–Crippen MR) is 84.3 cm³/mol. The normalized spacial score (nSPS) is 17.3. The Morgan fingerprint density at radius 2 is 1.90 bits per heavy atom. The summed E-state index contributed by atoms with van der Waals surface area (Å²) in [6.07, 6.45) is 2.73. The number of para-hydroxylation sites is 1. The third-order valence-electron chi connectivity index (χ3n) is 3.42. The zero-order valence-electron chi connectivity index (χ0n) is 11.3. The van der Waals surface area contributed by atoms with Crippen LogP contribution in [0.3, 0.4) is 0 Å². The smallest absolute Gasteiger partial charge is 0.139 e. The van der Waals surface area contributed by atoms with Gasteiger partial charge in [-0.3, -0.25) is 10.4 Å². The average Bonchev–Trinajstić information content (AvgIpc) is 2.88. The molecule has 0 saturated heterocycles. The second-order valence-corrected chi connectivity index (χ2v) is 5.28. The first-order valence-corrected chi connectivity index (χ1v) is 7.01. The summed E-state index contributed by atoms with van der Waals surface area (Å²) in [4.78, 5) is 4.33. The first-order chi connectivity index (χ1) is 9.74. The Bertz CT molecular complexity index is 622. The monoisotopic (exact) mass is 285 g/mol. The van der Waals surface area contributed by atoms with E-state index >= 15 is 0 Å². The lowest BCUT2D eigenvalue weighted by molar-refractivity contribution is 0.684. The largest absolute Gasteiger partial charge is 0.286 e. The minimum atomic E-state index is 0.112. The SMILES string of the molecule is CC1N=CNN1c1ccccc1Cc1ccc(Cl)cc1. The van der Waals surface area contributed by atoms with Crippen LogP contribution in [0.15, 0.2) is 53.5 Å². The first-order valence-electron chi connectivity index (χ1n) is 6.63. The summed E-state index contributed by atoms with van der Waals surface area (Å²) in [7, 11) is 0. The number of anilines is 1. The lowest BCUT2D eigenvalue weighted by Gasteiger charge is -2.25. The Hall–Kier alpha value is -2.00. The summed E-state index contributed by atoms with van der Waals surface area (Å²) in [6.45, 7) is 2.07. The number of benzene rings is 2. The number of nitrogens with zero attached hydrogens (tertiary/aromatic N) is 2. The maximum atomic E-state index is 5.93. The van der Waals surface area contributed by atoms with Gasteiger partial charge in [0.15, 0.2) is 0 Å². The van der Waals surface area contributed by atoms with Crippen LogP contribution in [0.1, 0.15) is 18.1 Å². The third kappa shape index (κ3) is 2.63. The van der Waals surface area contributed by atoms with Crippen molar-refractivity contribution >= 4 is 23.6 Å². The van der Waals surface area contributed by atoms with Crippen LogP contribution in [0.2, 0.25) is 5.02 Å². The molecule has 4 heteroatoms. The molecule has 102 valence electrons. The Balaban J connectivity index is 1.88. The highest BCUT2D eigenvalue weighted by Gasteiger charge is 2.19. The van der Waals surface area contributed by atoms with E-state index in [9.17, 15) is 0 Å². The average molecular weight is 286 g/mol. The minimum absolute atomic E-state index is 0.112. The van der Waals surface area contributed by atoms with Crippen LogP contribution in [0, 0.1) is 0 Å². The molecule has 1 aliphatic rings. The van der Waals surface area contributed by atoms with E-state index in [-0.39, 0.29) is 6.17 Å². The van der Waals surface area contributed by atoms with Crippen molar-refractivity contribution in [2.24, 2.45) is 4.99 Å². The lowest BCUT2D eigenvalue weighted by atomic mass is 10.0. The van der Waals surface area contributed by atoms with Gasteiger partial charge in [0.05, 0.1) is 5.69 Å². The molecule has 2 aromatic carbocycles. The van der Waals surface area contributed by atoms with E-state index in [2.05, 4.69) is 52.7 Å². The summed E-state index contributed by atoms with van der Waals surface area (Å²) in [5.74, 6) is 0. The Labute approximate surface area is 123 Å². The number of halogens is 1. The number of hydrogen-bond donors (Lipinski definition) is 1. The van der Waals surface area contributed by atoms with Gasteiger partial charge in [0, 0.05) is 5.02 Å². The summed E-state index contributed by atoms with van der Waals surface area (Å²) in [6, 6.07) is 16.4. The van der Waals surface area contributed by atoms with Gasteiger partial charge in [0.2, 0.25) is 0 Å². The van der Waals surface area contributed by atoms with Crippen LogP contribution in [0.5, 0.6) is 0 Å². The van der Waals surface area contributed by atoms with Crippen molar-refractivity contribution in [1.29, 1.82) is 0 Å². The molecule has 20 heavy (non-hydrogen) atoms. The Morgan fingerprint density at radius 1 is 1.15 bits per heavy atom. The van der Waals surface area contributed by atoms with Crippen LogP contribution in [-0.2, 0) is 6.42 Å². The Morgan fingerprint density at radius 3 is 2.60 bits per heavy atom. The molecule has 0 radical (unpaired) electrons. The van der Waals surface area contributed by atoms with Crippen LogP contribution in [0.25, 0.3) is 0 Å². The molecule has 2 aromatic rings. The maximum absolute atomic E-state index is 5.93. The molecule has 3 nitrogen and oxygen atoms in total. The fourth-order valence-electron chi connectivity index (χ4n) is 2.37. The van der Waals surface area contributed by atoms with Crippen molar-refractivity contribution in [1.82, 2.24) is 5.43 Å². The lowest BCUT2D eigenvalue weighted by Crippen LogP contribution is -2.37. The van der Waals surface area contributed by atoms with E-state index in [1.807, 2.05) is 18.2 Å². The molecule has 0 fully saturated rings. The molecule has 1 heterocycles. The highest BCUT2D eigenvalue weighted by molar-refractivity contribution is 6.30. The van der Waals surface area contributed by atoms with Crippen LogP contribution < -0.4 is 10.4 Å². The first kappa shape index (κ1) is 13.0. The topological polar surface area (TPSA) is 27.6 Å². The molecule has 0 amide bonds. The van der Waals surface area contributed by atoms with Gasteiger partial charge < -0.3 is 0 Å². The van der Waals surface area contributed by atoms with Crippen molar-refractivity contribution < 1.29 is 0 Å². The number of hydrazine groups is 1. The van der Waals surface area contributed by atoms with Crippen LogP contribution in [0.4, 0.5) is 5.69 Å². The van der Waals surface area contributed by atoms with Crippen molar-refractivity contribution in [3.63, 3.8) is 0 Å².